The van der Waals surface area contributed by atoms with E-state index in [1.54, 1.807) is 11.3 Å². The second-order valence-corrected chi connectivity index (χ2v) is 5.97. The van der Waals surface area contributed by atoms with E-state index in [4.69, 9.17) is 4.52 Å². The van der Waals surface area contributed by atoms with Crippen molar-refractivity contribution in [1.82, 2.24) is 20.0 Å². The lowest BCUT2D eigenvalue weighted by atomic mass is 10.3. The first kappa shape index (κ1) is 12.6. The standard InChI is InChI=1S/C12H17N5OS/c1-9-7-13-12(19-9)17-5-3-16(4-6-17)8-11-14-10(2)15-18-11/h7H,3-6,8H2,1-2H3. The molecule has 0 radical (unpaired) electrons. The summed E-state index contributed by atoms with van der Waals surface area (Å²) >= 11 is 1.76. The zero-order chi connectivity index (χ0) is 13.2. The molecule has 19 heavy (non-hydrogen) atoms. The van der Waals surface area contributed by atoms with E-state index >= 15 is 0 Å². The minimum absolute atomic E-state index is 0.701. The zero-order valence-electron chi connectivity index (χ0n) is 11.2. The highest BCUT2D eigenvalue weighted by Crippen LogP contribution is 2.22. The minimum Gasteiger partial charge on any atom is -0.346 e. The van der Waals surface area contributed by atoms with E-state index in [9.17, 15) is 0 Å². The smallest absolute Gasteiger partial charge is 0.240 e. The van der Waals surface area contributed by atoms with Crippen LogP contribution in [0.25, 0.3) is 0 Å². The lowest BCUT2D eigenvalue weighted by Gasteiger charge is -2.33. The van der Waals surface area contributed by atoms with Crippen molar-refractivity contribution in [3.8, 4) is 0 Å². The van der Waals surface area contributed by atoms with E-state index in [0.717, 1.165) is 37.9 Å². The van der Waals surface area contributed by atoms with Gasteiger partial charge in [0.25, 0.3) is 0 Å². The molecular weight excluding hydrogens is 262 g/mol. The minimum atomic E-state index is 0.701. The molecule has 1 fully saturated rings. The van der Waals surface area contributed by atoms with Crippen molar-refractivity contribution < 1.29 is 4.52 Å². The van der Waals surface area contributed by atoms with Gasteiger partial charge in [-0.3, -0.25) is 4.90 Å². The highest BCUT2D eigenvalue weighted by atomic mass is 32.1. The van der Waals surface area contributed by atoms with Crippen LogP contribution in [-0.2, 0) is 6.54 Å². The van der Waals surface area contributed by atoms with Gasteiger partial charge < -0.3 is 9.42 Å². The molecule has 3 heterocycles. The normalized spacial score (nSPS) is 17.1. The monoisotopic (exact) mass is 279 g/mol. The van der Waals surface area contributed by atoms with Crippen LogP contribution in [0, 0.1) is 13.8 Å². The summed E-state index contributed by atoms with van der Waals surface area (Å²) in [7, 11) is 0. The number of thiazole rings is 1. The summed E-state index contributed by atoms with van der Waals surface area (Å²) in [4.78, 5) is 14.6. The van der Waals surface area contributed by atoms with E-state index in [1.165, 1.54) is 4.88 Å². The third kappa shape index (κ3) is 2.93. The summed E-state index contributed by atoms with van der Waals surface area (Å²) in [5, 5.41) is 4.95. The predicted molar refractivity (Wildman–Crippen MR) is 73.4 cm³/mol. The molecule has 1 saturated heterocycles. The molecule has 0 bridgehead atoms. The van der Waals surface area contributed by atoms with Gasteiger partial charge >= 0.3 is 0 Å². The Hall–Kier alpha value is -1.47. The molecule has 6 nitrogen and oxygen atoms in total. The van der Waals surface area contributed by atoms with E-state index < -0.39 is 0 Å². The molecule has 0 aliphatic carbocycles. The van der Waals surface area contributed by atoms with Crippen LogP contribution >= 0.6 is 11.3 Å². The fourth-order valence-electron chi connectivity index (χ4n) is 2.18. The quantitative estimate of drug-likeness (QED) is 0.848. The summed E-state index contributed by atoms with van der Waals surface area (Å²) in [5.41, 5.74) is 0. The van der Waals surface area contributed by atoms with Gasteiger partial charge in [-0.25, -0.2) is 4.98 Å². The number of rotatable bonds is 3. The Morgan fingerprint density at radius 2 is 2.05 bits per heavy atom. The third-order valence-corrected chi connectivity index (χ3v) is 4.15. The lowest BCUT2D eigenvalue weighted by Crippen LogP contribution is -2.46. The predicted octanol–water partition coefficient (Wildman–Crippen LogP) is 1.47. The molecule has 0 unspecified atom stereocenters. The summed E-state index contributed by atoms with van der Waals surface area (Å²) in [5.74, 6) is 1.41. The number of anilines is 1. The molecule has 0 aromatic carbocycles. The number of aryl methyl sites for hydroxylation is 2. The van der Waals surface area contributed by atoms with Crippen LogP contribution in [0.5, 0.6) is 0 Å². The summed E-state index contributed by atoms with van der Waals surface area (Å²) < 4.78 is 5.16. The van der Waals surface area contributed by atoms with Crippen molar-refractivity contribution in [3.63, 3.8) is 0 Å². The van der Waals surface area contributed by atoms with E-state index in [0.29, 0.717) is 11.7 Å². The van der Waals surface area contributed by atoms with Crippen LogP contribution in [0.2, 0.25) is 0 Å². The van der Waals surface area contributed by atoms with Crippen LogP contribution in [0.15, 0.2) is 10.7 Å². The highest BCUT2D eigenvalue weighted by Gasteiger charge is 2.20. The van der Waals surface area contributed by atoms with Gasteiger partial charge in [0.05, 0.1) is 6.54 Å². The van der Waals surface area contributed by atoms with Gasteiger partial charge in [0.1, 0.15) is 0 Å². The maximum atomic E-state index is 5.16. The number of piperazine rings is 1. The van der Waals surface area contributed by atoms with Crippen LogP contribution in [-0.4, -0.2) is 46.2 Å². The molecule has 0 amide bonds. The summed E-state index contributed by atoms with van der Waals surface area (Å²) in [6.45, 7) is 8.68. The first-order valence-corrected chi connectivity index (χ1v) is 7.21. The largest absolute Gasteiger partial charge is 0.346 e. The van der Waals surface area contributed by atoms with Gasteiger partial charge in [-0.2, -0.15) is 4.98 Å². The van der Waals surface area contributed by atoms with Gasteiger partial charge in [0, 0.05) is 37.3 Å². The van der Waals surface area contributed by atoms with Crippen molar-refractivity contribution in [3.05, 3.63) is 22.8 Å². The Bertz CT molecular complexity index is 544. The van der Waals surface area contributed by atoms with Crippen LogP contribution in [0.4, 0.5) is 5.13 Å². The molecule has 0 atom stereocenters. The van der Waals surface area contributed by atoms with Gasteiger partial charge in [0.15, 0.2) is 11.0 Å². The number of hydrogen-bond donors (Lipinski definition) is 0. The number of aromatic nitrogens is 3. The number of hydrogen-bond acceptors (Lipinski definition) is 7. The molecule has 7 heteroatoms. The molecule has 0 spiro atoms. The Balaban J connectivity index is 1.54. The summed E-state index contributed by atoms with van der Waals surface area (Å²) in [6, 6.07) is 0. The Kier molecular flexibility index (Phi) is 3.48. The van der Waals surface area contributed by atoms with Gasteiger partial charge in [-0.1, -0.05) is 5.16 Å². The van der Waals surface area contributed by atoms with Crippen molar-refractivity contribution >= 4 is 16.5 Å². The fraction of sp³-hybridized carbons (Fsp3) is 0.583. The van der Waals surface area contributed by atoms with Crippen LogP contribution in [0.3, 0.4) is 0 Å². The highest BCUT2D eigenvalue weighted by molar-refractivity contribution is 7.15. The zero-order valence-corrected chi connectivity index (χ0v) is 12.0. The number of nitrogens with zero attached hydrogens (tertiary/aromatic N) is 5. The van der Waals surface area contributed by atoms with Crippen molar-refractivity contribution in [2.24, 2.45) is 0 Å². The van der Waals surface area contributed by atoms with Crippen molar-refractivity contribution in [2.75, 3.05) is 31.1 Å². The van der Waals surface area contributed by atoms with E-state index in [2.05, 4.69) is 31.8 Å². The van der Waals surface area contributed by atoms with Crippen molar-refractivity contribution in [1.29, 1.82) is 0 Å². The lowest BCUT2D eigenvalue weighted by molar-refractivity contribution is 0.215. The van der Waals surface area contributed by atoms with Crippen molar-refractivity contribution in [2.45, 2.75) is 20.4 Å². The van der Waals surface area contributed by atoms with E-state index in [1.807, 2.05) is 13.1 Å². The first-order chi connectivity index (χ1) is 9.20. The topological polar surface area (TPSA) is 58.3 Å². The molecule has 0 N–H and O–H groups in total. The molecule has 1 aliphatic rings. The average Bonchev–Trinajstić information content (AvgIpc) is 3.00. The maximum Gasteiger partial charge on any atom is 0.240 e. The maximum absolute atomic E-state index is 5.16. The average molecular weight is 279 g/mol. The first-order valence-electron chi connectivity index (χ1n) is 6.39. The Labute approximate surface area is 116 Å². The molecule has 2 aromatic heterocycles. The van der Waals surface area contributed by atoms with Gasteiger partial charge in [0.2, 0.25) is 5.89 Å². The Morgan fingerprint density at radius 3 is 2.63 bits per heavy atom. The fourth-order valence-corrected chi connectivity index (χ4v) is 2.99. The van der Waals surface area contributed by atoms with Gasteiger partial charge in [-0.15, -0.1) is 11.3 Å². The molecular formula is C12H17N5OS. The third-order valence-electron chi connectivity index (χ3n) is 3.18. The van der Waals surface area contributed by atoms with Crippen LogP contribution < -0.4 is 4.90 Å². The SMILES string of the molecule is Cc1noc(CN2CCN(c3ncc(C)s3)CC2)n1. The second-order valence-electron chi connectivity index (χ2n) is 4.75. The van der Waals surface area contributed by atoms with Crippen LogP contribution in [0.1, 0.15) is 16.6 Å². The molecule has 102 valence electrons. The second kappa shape index (κ2) is 5.26. The molecule has 3 rings (SSSR count). The van der Waals surface area contributed by atoms with E-state index in [-0.39, 0.29) is 0 Å². The molecule has 0 saturated carbocycles. The van der Waals surface area contributed by atoms with Gasteiger partial charge in [-0.05, 0) is 13.8 Å². The molecule has 1 aliphatic heterocycles. The molecule has 2 aromatic rings. The Morgan fingerprint density at radius 1 is 1.26 bits per heavy atom. The summed E-state index contributed by atoms with van der Waals surface area (Å²) in [6.07, 6.45) is 1.94.